The number of amides is 1. The van der Waals surface area contributed by atoms with Crippen molar-refractivity contribution in [3.8, 4) is 22.8 Å². The second kappa shape index (κ2) is 12.2. The highest BCUT2D eigenvalue weighted by Crippen LogP contribution is 2.45. The first-order valence-corrected chi connectivity index (χ1v) is 13.7. The van der Waals surface area contributed by atoms with E-state index < -0.39 is 0 Å². The molecule has 0 aliphatic carbocycles. The molecule has 5 rings (SSSR count). The van der Waals surface area contributed by atoms with Crippen LogP contribution in [0.5, 0.6) is 11.5 Å². The van der Waals surface area contributed by atoms with Gasteiger partial charge in [-0.1, -0.05) is 30.1 Å². The molecule has 0 bridgehead atoms. The van der Waals surface area contributed by atoms with E-state index in [4.69, 9.17) is 32.7 Å². The standard InChI is InChI=1S/C29H30Cl2N6O3/c1-4-36-7-9-37(10-8-36)20-5-6-21(22(13-20)34-17-38)35-26-12-19-15-32-23(11-18(19)16-33-26)27-28(30)24(39-2)14-25(40-3)29(27)31/h5-6,11-17H,4,7-10H2,1-3H3,(H,33,35)(H,34,38). The number of piperazine rings is 1. The third kappa shape index (κ3) is 5.58. The predicted molar refractivity (Wildman–Crippen MR) is 162 cm³/mol. The van der Waals surface area contributed by atoms with Gasteiger partial charge in [0.1, 0.15) is 17.3 Å². The maximum atomic E-state index is 11.4. The van der Waals surface area contributed by atoms with E-state index in [9.17, 15) is 4.79 Å². The zero-order chi connectivity index (χ0) is 28.2. The molecule has 1 aliphatic rings. The third-order valence-electron chi connectivity index (χ3n) is 7.10. The number of pyridine rings is 2. The van der Waals surface area contributed by atoms with Crippen molar-refractivity contribution >= 4 is 63.3 Å². The molecule has 0 radical (unpaired) electrons. The highest BCUT2D eigenvalue weighted by molar-refractivity contribution is 6.41. The molecule has 40 heavy (non-hydrogen) atoms. The number of aromatic nitrogens is 2. The predicted octanol–water partition coefficient (Wildman–Crippen LogP) is 6.07. The SMILES string of the molecule is CCN1CCN(c2ccc(Nc3cc4cnc(-c5c(Cl)c(OC)cc(OC)c5Cl)cc4cn3)c(NC=O)c2)CC1. The lowest BCUT2D eigenvalue weighted by molar-refractivity contribution is -0.105. The average molecular weight is 582 g/mol. The van der Waals surface area contributed by atoms with Crippen LogP contribution in [0, 0.1) is 0 Å². The summed E-state index contributed by atoms with van der Waals surface area (Å²) in [6.45, 7) is 7.17. The molecule has 2 N–H and O–H groups in total. The summed E-state index contributed by atoms with van der Waals surface area (Å²) < 4.78 is 10.8. The molecule has 11 heteroatoms. The Kier molecular flexibility index (Phi) is 8.44. The molecule has 3 heterocycles. The summed E-state index contributed by atoms with van der Waals surface area (Å²) in [6.07, 6.45) is 4.17. The number of hydrogen-bond acceptors (Lipinski definition) is 8. The number of carbonyl (C=O) groups excluding carboxylic acids is 1. The highest BCUT2D eigenvalue weighted by atomic mass is 35.5. The van der Waals surface area contributed by atoms with Crippen LogP contribution in [0.4, 0.5) is 22.9 Å². The molecule has 208 valence electrons. The van der Waals surface area contributed by atoms with Crippen LogP contribution in [0.25, 0.3) is 22.0 Å². The lowest BCUT2D eigenvalue weighted by atomic mass is 10.1. The van der Waals surface area contributed by atoms with E-state index >= 15 is 0 Å². The first-order valence-electron chi connectivity index (χ1n) is 12.9. The van der Waals surface area contributed by atoms with Gasteiger partial charge in [-0.3, -0.25) is 9.78 Å². The Morgan fingerprint density at radius 1 is 0.900 bits per heavy atom. The van der Waals surface area contributed by atoms with Crippen LogP contribution in [0.3, 0.4) is 0 Å². The minimum atomic E-state index is 0.345. The van der Waals surface area contributed by atoms with Gasteiger partial charge in [-0.05, 0) is 36.9 Å². The lowest BCUT2D eigenvalue weighted by Gasteiger charge is -2.35. The molecule has 1 amide bonds. The normalized spacial score (nSPS) is 13.8. The van der Waals surface area contributed by atoms with Crippen molar-refractivity contribution in [1.82, 2.24) is 14.9 Å². The maximum absolute atomic E-state index is 11.4. The van der Waals surface area contributed by atoms with Gasteiger partial charge < -0.3 is 29.9 Å². The monoisotopic (exact) mass is 580 g/mol. The number of methoxy groups -OCH3 is 2. The topological polar surface area (TPSA) is 91.8 Å². The smallest absolute Gasteiger partial charge is 0.211 e. The number of halogens is 2. The quantitative estimate of drug-likeness (QED) is 0.230. The number of rotatable bonds is 9. The number of fused-ring (bicyclic) bond motifs is 1. The van der Waals surface area contributed by atoms with Crippen LogP contribution < -0.4 is 25.0 Å². The van der Waals surface area contributed by atoms with Crippen LogP contribution in [0.2, 0.25) is 10.0 Å². The lowest BCUT2D eigenvalue weighted by Crippen LogP contribution is -2.46. The van der Waals surface area contributed by atoms with Gasteiger partial charge in [0.15, 0.2) is 0 Å². The Labute approximate surface area is 243 Å². The molecule has 4 aromatic rings. The average Bonchev–Trinajstić information content (AvgIpc) is 2.98. The summed E-state index contributed by atoms with van der Waals surface area (Å²) in [5.74, 6) is 1.48. The number of anilines is 4. The van der Waals surface area contributed by atoms with Crippen LogP contribution in [-0.4, -0.2) is 68.2 Å². The Balaban J connectivity index is 1.42. The number of nitrogens with zero attached hydrogens (tertiary/aromatic N) is 4. The molecular weight excluding hydrogens is 551 g/mol. The first kappa shape index (κ1) is 27.8. The van der Waals surface area contributed by atoms with Gasteiger partial charge in [-0.15, -0.1) is 0 Å². The summed E-state index contributed by atoms with van der Waals surface area (Å²) >= 11 is 13.2. The van der Waals surface area contributed by atoms with Crippen molar-refractivity contribution in [3.05, 3.63) is 58.8 Å². The van der Waals surface area contributed by atoms with Crippen molar-refractivity contribution in [3.63, 3.8) is 0 Å². The molecule has 0 saturated carbocycles. The Morgan fingerprint density at radius 3 is 2.23 bits per heavy atom. The highest BCUT2D eigenvalue weighted by Gasteiger charge is 2.20. The fraction of sp³-hybridized carbons (Fsp3) is 0.276. The second-order valence-electron chi connectivity index (χ2n) is 9.31. The number of carbonyl (C=O) groups is 1. The fourth-order valence-electron chi connectivity index (χ4n) is 4.83. The fourth-order valence-corrected chi connectivity index (χ4v) is 5.53. The Morgan fingerprint density at radius 2 is 1.57 bits per heavy atom. The number of benzene rings is 2. The van der Waals surface area contributed by atoms with Gasteiger partial charge in [-0.25, -0.2) is 4.98 Å². The number of hydrogen-bond donors (Lipinski definition) is 2. The van der Waals surface area contributed by atoms with Crippen LogP contribution in [0.15, 0.2) is 48.8 Å². The van der Waals surface area contributed by atoms with Crippen LogP contribution in [0.1, 0.15) is 6.92 Å². The summed E-state index contributed by atoms with van der Waals surface area (Å²) in [4.78, 5) is 25.4. The van der Waals surface area contributed by atoms with Gasteiger partial charge in [0, 0.05) is 66.7 Å². The van der Waals surface area contributed by atoms with Gasteiger partial charge in [0.2, 0.25) is 6.41 Å². The number of ether oxygens (including phenoxy) is 2. The van der Waals surface area contributed by atoms with Crippen LogP contribution in [-0.2, 0) is 4.79 Å². The van der Waals surface area contributed by atoms with Crippen molar-refractivity contribution < 1.29 is 14.3 Å². The van der Waals surface area contributed by atoms with E-state index in [1.54, 1.807) is 18.5 Å². The van der Waals surface area contributed by atoms with E-state index in [0.717, 1.165) is 54.9 Å². The van der Waals surface area contributed by atoms with Crippen molar-refractivity contribution in [2.45, 2.75) is 6.92 Å². The van der Waals surface area contributed by atoms with E-state index in [1.165, 1.54) is 14.2 Å². The van der Waals surface area contributed by atoms with Crippen LogP contribution >= 0.6 is 23.2 Å². The van der Waals surface area contributed by atoms with E-state index in [1.807, 2.05) is 24.3 Å². The summed E-state index contributed by atoms with van der Waals surface area (Å²) in [6, 6.07) is 11.4. The van der Waals surface area contributed by atoms with Crippen molar-refractivity contribution in [2.75, 3.05) is 62.5 Å². The Hall–Kier alpha value is -3.79. The zero-order valence-electron chi connectivity index (χ0n) is 22.5. The second-order valence-corrected chi connectivity index (χ2v) is 10.1. The molecule has 0 atom stereocenters. The van der Waals surface area contributed by atoms with Gasteiger partial charge in [0.25, 0.3) is 0 Å². The molecule has 2 aromatic heterocycles. The molecule has 1 fully saturated rings. The molecule has 0 unspecified atom stereocenters. The third-order valence-corrected chi connectivity index (χ3v) is 7.85. The van der Waals surface area contributed by atoms with Crippen molar-refractivity contribution in [2.24, 2.45) is 0 Å². The molecule has 1 aliphatic heterocycles. The summed E-state index contributed by atoms with van der Waals surface area (Å²) in [5, 5.41) is 8.54. The summed E-state index contributed by atoms with van der Waals surface area (Å²) in [5.41, 5.74) is 3.57. The largest absolute Gasteiger partial charge is 0.495 e. The van der Waals surface area contributed by atoms with Gasteiger partial charge in [0.05, 0.1) is 41.3 Å². The van der Waals surface area contributed by atoms with Crippen molar-refractivity contribution in [1.29, 1.82) is 0 Å². The van der Waals surface area contributed by atoms with E-state index in [2.05, 4.69) is 43.4 Å². The molecular formula is C29H30Cl2N6O3. The maximum Gasteiger partial charge on any atom is 0.211 e. The molecule has 2 aromatic carbocycles. The minimum absolute atomic E-state index is 0.345. The number of nitrogens with one attached hydrogen (secondary N) is 2. The molecule has 1 saturated heterocycles. The van der Waals surface area contributed by atoms with Gasteiger partial charge in [-0.2, -0.15) is 0 Å². The van der Waals surface area contributed by atoms with Gasteiger partial charge >= 0.3 is 0 Å². The Bertz CT molecular complexity index is 1510. The molecule has 0 spiro atoms. The minimum Gasteiger partial charge on any atom is -0.495 e. The summed E-state index contributed by atoms with van der Waals surface area (Å²) in [7, 11) is 3.06. The molecule has 9 nitrogen and oxygen atoms in total. The van der Waals surface area contributed by atoms with E-state index in [-0.39, 0.29) is 0 Å². The number of likely N-dealkylation sites (N-methyl/N-ethyl adjacent to an activating group) is 1. The first-order chi connectivity index (χ1) is 19.4. The van der Waals surface area contributed by atoms with E-state index in [0.29, 0.717) is 50.7 Å². The zero-order valence-corrected chi connectivity index (χ0v) is 24.0.